The molecule has 3 aromatic carbocycles. The van der Waals surface area contributed by atoms with Gasteiger partial charge in [-0.25, -0.2) is 0 Å². The second-order valence-electron chi connectivity index (χ2n) is 9.83. The van der Waals surface area contributed by atoms with Crippen molar-refractivity contribution in [3.05, 3.63) is 72.8 Å². The SMILES string of the molecule is O=C(Nc1ccc2ccccc2c1)C1N(CCO)C(=O)[C@@H]2[C@@H](C(=O)Nc3ccccc3)[C@@H]3SC12CC3Br. The van der Waals surface area contributed by atoms with Crippen LogP contribution in [0.3, 0.4) is 0 Å². The number of halogens is 1. The third-order valence-electron chi connectivity index (χ3n) is 7.74. The summed E-state index contributed by atoms with van der Waals surface area (Å²) >= 11 is 5.33. The Kier molecular flexibility index (Phi) is 6.25. The van der Waals surface area contributed by atoms with E-state index < -0.39 is 22.6 Å². The lowest BCUT2D eigenvalue weighted by Gasteiger charge is -2.35. The maximum atomic E-state index is 13.9. The van der Waals surface area contributed by atoms with Crippen LogP contribution in [-0.2, 0) is 14.4 Å². The largest absolute Gasteiger partial charge is 0.395 e. The summed E-state index contributed by atoms with van der Waals surface area (Å²) < 4.78 is -0.759. The number of fused-ring (bicyclic) bond motifs is 2. The second-order valence-corrected chi connectivity index (χ2v) is 12.5. The van der Waals surface area contributed by atoms with E-state index in [-0.39, 0.29) is 41.0 Å². The van der Waals surface area contributed by atoms with Crippen LogP contribution in [0.1, 0.15) is 6.42 Å². The quantitative estimate of drug-likeness (QED) is 0.385. The number of carbonyl (C=O) groups is 3. The molecule has 0 saturated carbocycles. The first-order chi connectivity index (χ1) is 17.9. The van der Waals surface area contributed by atoms with Gasteiger partial charge in [0.25, 0.3) is 0 Å². The number of amides is 3. The number of benzene rings is 3. The van der Waals surface area contributed by atoms with E-state index in [2.05, 4.69) is 26.6 Å². The van der Waals surface area contributed by atoms with Crippen LogP contribution >= 0.6 is 27.7 Å². The third kappa shape index (κ3) is 3.95. The smallest absolute Gasteiger partial charge is 0.248 e. The number of β-amino-alcohol motifs (C(OH)–C–C–N with tert-alkyl or cyclic N) is 1. The standard InChI is InChI=1S/C28H26BrN3O4S/c29-20-15-28-22(21(23(20)37-28)25(34)30-18-8-2-1-3-9-18)27(36)32(12-13-33)24(28)26(35)31-19-11-10-16-6-4-5-7-17(16)14-19/h1-11,14,20-24,33H,12-13,15H2,(H,30,34)(H,31,35)/t20?,21-,22+,23-,24?,28?/m1/s1. The van der Waals surface area contributed by atoms with E-state index in [1.165, 1.54) is 4.90 Å². The van der Waals surface area contributed by atoms with Gasteiger partial charge in [-0.2, -0.15) is 0 Å². The van der Waals surface area contributed by atoms with E-state index in [1.807, 2.05) is 72.8 Å². The van der Waals surface area contributed by atoms with E-state index in [4.69, 9.17) is 0 Å². The number of carbonyl (C=O) groups excluding carboxylic acids is 3. The van der Waals surface area contributed by atoms with Crippen LogP contribution in [0.5, 0.6) is 0 Å². The van der Waals surface area contributed by atoms with E-state index in [9.17, 15) is 19.5 Å². The summed E-state index contributed by atoms with van der Waals surface area (Å²) in [5, 5.41) is 17.7. The zero-order valence-electron chi connectivity index (χ0n) is 19.8. The minimum Gasteiger partial charge on any atom is -0.395 e. The number of likely N-dealkylation sites (tertiary alicyclic amines) is 1. The van der Waals surface area contributed by atoms with E-state index in [0.717, 1.165) is 10.8 Å². The van der Waals surface area contributed by atoms with Crippen LogP contribution in [-0.4, -0.2) is 61.7 Å². The van der Waals surface area contributed by atoms with Gasteiger partial charge in [0.05, 0.1) is 23.2 Å². The normalized spacial score (nSPS) is 29.9. The average Bonchev–Trinajstić information content (AvgIpc) is 3.48. The van der Waals surface area contributed by atoms with Crippen LogP contribution < -0.4 is 10.6 Å². The Morgan fingerprint density at radius 3 is 2.43 bits per heavy atom. The molecule has 3 unspecified atom stereocenters. The Morgan fingerprint density at radius 2 is 1.68 bits per heavy atom. The Labute approximate surface area is 227 Å². The average molecular weight is 581 g/mol. The molecule has 6 atom stereocenters. The predicted molar refractivity (Wildman–Crippen MR) is 149 cm³/mol. The summed E-state index contributed by atoms with van der Waals surface area (Å²) in [6.07, 6.45) is 0.589. The lowest BCUT2D eigenvalue weighted by Crippen LogP contribution is -2.53. The number of rotatable bonds is 6. The molecule has 3 fully saturated rings. The summed E-state index contributed by atoms with van der Waals surface area (Å²) in [6, 6.07) is 22.0. The van der Waals surface area contributed by atoms with Gasteiger partial charge >= 0.3 is 0 Å². The van der Waals surface area contributed by atoms with Gasteiger partial charge < -0.3 is 20.6 Å². The molecule has 7 nitrogen and oxygen atoms in total. The number of para-hydroxylation sites is 1. The van der Waals surface area contributed by atoms with Crippen molar-refractivity contribution in [3.63, 3.8) is 0 Å². The highest BCUT2D eigenvalue weighted by molar-refractivity contribution is 9.09. The topological polar surface area (TPSA) is 98.7 Å². The molecule has 0 aliphatic carbocycles. The highest BCUT2D eigenvalue weighted by atomic mass is 79.9. The van der Waals surface area contributed by atoms with Crippen LogP contribution in [0.2, 0.25) is 0 Å². The molecule has 0 radical (unpaired) electrons. The Balaban J connectivity index is 1.33. The first-order valence-corrected chi connectivity index (χ1v) is 14.1. The number of nitrogens with zero attached hydrogens (tertiary/aromatic N) is 1. The molecule has 3 N–H and O–H groups in total. The van der Waals surface area contributed by atoms with Crippen molar-refractivity contribution in [1.29, 1.82) is 0 Å². The van der Waals surface area contributed by atoms with Gasteiger partial charge in [-0.15, -0.1) is 11.8 Å². The van der Waals surface area contributed by atoms with Crippen molar-refractivity contribution in [1.82, 2.24) is 4.90 Å². The second kappa shape index (κ2) is 9.45. The first-order valence-electron chi connectivity index (χ1n) is 12.3. The van der Waals surface area contributed by atoms with E-state index >= 15 is 0 Å². The van der Waals surface area contributed by atoms with Crippen molar-refractivity contribution in [2.45, 2.75) is 27.3 Å². The van der Waals surface area contributed by atoms with Crippen molar-refractivity contribution in [2.24, 2.45) is 11.8 Å². The lowest BCUT2D eigenvalue weighted by molar-refractivity contribution is -0.138. The van der Waals surface area contributed by atoms with Crippen LogP contribution in [0.4, 0.5) is 11.4 Å². The van der Waals surface area contributed by atoms with Crippen molar-refractivity contribution >= 4 is 67.6 Å². The molecule has 3 amide bonds. The molecule has 190 valence electrons. The van der Waals surface area contributed by atoms with Gasteiger partial charge in [-0.3, -0.25) is 14.4 Å². The van der Waals surface area contributed by atoms with Gasteiger partial charge in [0.1, 0.15) is 6.04 Å². The molecular formula is C28H26BrN3O4S. The summed E-state index contributed by atoms with van der Waals surface area (Å²) in [7, 11) is 0. The molecule has 3 aliphatic rings. The Morgan fingerprint density at radius 1 is 0.973 bits per heavy atom. The Bertz CT molecular complexity index is 1390. The zero-order valence-corrected chi connectivity index (χ0v) is 22.2. The summed E-state index contributed by atoms with van der Waals surface area (Å²) in [5.74, 6) is -1.98. The number of thioether (sulfide) groups is 1. The highest BCUT2D eigenvalue weighted by Gasteiger charge is 2.75. The van der Waals surface area contributed by atoms with E-state index in [1.54, 1.807) is 11.8 Å². The molecule has 37 heavy (non-hydrogen) atoms. The fourth-order valence-corrected chi connectivity index (χ4v) is 9.92. The van der Waals surface area contributed by atoms with Gasteiger partial charge in [0.2, 0.25) is 17.7 Å². The van der Waals surface area contributed by atoms with Crippen molar-refractivity contribution in [2.75, 3.05) is 23.8 Å². The molecule has 3 heterocycles. The molecule has 3 saturated heterocycles. The fourth-order valence-electron chi connectivity index (χ4n) is 6.30. The monoisotopic (exact) mass is 579 g/mol. The van der Waals surface area contributed by atoms with Crippen LogP contribution in [0, 0.1) is 11.8 Å². The summed E-state index contributed by atoms with van der Waals surface area (Å²) in [6.45, 7) is -0.223. The van der Waals surface area contributed by atoms with Crippen molar-refractivity contribution in [3.8, 4) is 0 Å². The van der Waals surface area contributed by atoms with Crippen LogP contribution in [0.15, 0.2) is 72.8 Å². The number of aliphatic hydroxyl groups is 1. The minimum atomic E-state index is -0.798. The molecule has 6 rings (SSSR count). The molecule has 2 bridgehead atoms. The number of anilines is 2. The molecule has 1 spiro atoms. The maximum Gasteiger partial charge on any atom is 0.248 e. The number of nitrogens with one attached hydrogen (secondary N) is 2. The molecular weight excluding hydrogens is 554 g/mol. The van der Waals surface area contributed by atoms with E-state index in [0.29, 0.717) is 17.8 Å². The maximum absolute atomic E-state index is 13.9. The van der Waals surface area contributed by atoms with Gasteiger partial charge in [0.15, 0.2) is 0 Å². The number of aliphatic hydroxyl groups excluding tert-OH is 1. The van der Waals surface area contributed by atoms with Crippen LogP contribution in [0.25, 0.3) is 10.8 Å². The summed E-state index contributed by atoms with van der Waals surface area (Å²) in [4.78, 5) is 42.7. The number of hydrogen-bond donors (Lipinski definition) is 3. The van der Waals surface area contributed by atoms with Gasteiger partial charge in [-0.1, -0.05) is 64.5 Å². The molecule has 9 heteroatoms. The predicted octanol–water partition coefficient (Wildman–Crippen LogP) is 3.87. The minimum absolute atomic E-state index is 0.0156. The first kappa shape index (κ1) is 24.5. The third-order valence-corrected chi connectivity index (χ3v) is 11.0. The molecule has 3 aromatic rings. The number of alkyl halides is 1. The Hall–Kier alpha value is -2.88. The molecule has 3 aliphatic heterocycles. The number of hydrogen-bond acceptors (Lipinski definition) is 5. The molecule has 0 aromatic heterocycles. The zero-order chi connectivity index (χ0) is 25.7. The highest BCUT2D eigenvalue weighted by Crippen LogP contribution is 2.67. The van der Waals surface area contributed by atoms with Gasteiger partial charge in [-0.05, 0) is 41.5 Å². The lowest BCUT2D eigenvalue weighted by atomic mass is 9.70. The van der Waals surface area contributed by atoms with Gasteiger partial charge in [0, 0.05) is 28.0 Å². The van der Waals surface area contributed by atoms with Crippen molar-refractivity contribution < 1.29 is 19.5 Å². The fraction of sp³-hybridized carbons (Fsp3) is 0.321. The summed E-state index contributed by atoms with van der Waals surface area (Å²) in [5.41, 5.74) is 1.31.